The monoisotopic (exact) mass is 332 g/mol. The maximum absolute atomic E-state index is 12.1. The summed E-state index contributed by atoms with van der Waals surface area (Å²) in [6.45, 7) is 1.22. The third kappa shape index (κ3) is 3.71. The first-order valence-corrected chi connectivity index (χ1v) is 7.88. The van der Waals surface area contributed by atoms with E-state index < -0.39 is 21.6 Å². The van der Waals surface area contributed by atoms with E-state index in [0.29, 0.717) is 0 Å². The van der Waals surface area contributed by atoms with E-state index in [1.807, 2.05) is 6.92 Å². The molecule has 23 heavy (non-hydrogen) atoms. The van der Waals surface area contributed by atoms with E-state index in [2.05, 4.69) is 0 Å². The second kappa shape index (κ2) is 6.56. The third-order valence-corrected chi connectivity index (χ3v) is 4.41. The SMILES string of the molecule is Cc1ccc(S(=O)(=O)OCc2c(C#N)cccc2[N+](=O)[O-])cc1. The molecular formula is C15H12N2O5S. The fourth-order valence-corrected chi connectivity index (χ4v) is 2.79. The molecule has 0 bridgehead atoms. The van der Waals surface area contributed by atoms with Gasteiger partial charge in [0.05, 0.1) is 33.6 Å². The first-order chi connectivity index (χ1) is 10.8. The van der Waals surface area contributed by atoms with Gasteiger partial charge in [-0.1, -0.05) is 23.8 Å². The maximum Gasteiger partial charge on any atom is 0.297 e. The molecule has 0 aliphatic heterocycles. The third-order valence-electron chi connectivity index (χ3n) is 3.14. The summed E-state index contributed by atoms with van der Waals surface area (Å²) in [7, 11) is -4.07. The molecule has 0 aromatic heterocycles. The molecule has 0 saturated heterocycles. The summed E-state index contributed by atoms with van der Waals surface area (Å²) in [5, 5.41) is 20.0. The number of hydrogen-bond donors (Lipinski definition) is 0. The van der Waals surface area contributed by atoms with E-state index in [0.717, 1.165) is 5.56 Å². The summed E-state index contributed by atoms with van der Waals surface area (Å²) in [6.07, 6.45) is 0. The van der Waals surface area contributed by atoms with Crippen LogP contribution in [0.3, 0.4) is 0 Å². The molecule has 0 spiro atoms. The van der Waals surface area contributed by atoms with Crippen molar-refractivity contribution in [3.8, 4) is 6.07 Å². The van der Waals surface area contributed by atoms with Gasteiger partial charge >= 0.3 is 0 Å². The van der Waals surface area contributed by atoms with Gasteiger partial charge in [0.15, 0.2) is 0 Å². The van der Waals surface area contributed by atoms with Crippen LogP contribution in [0.25, 0.3) is 0 Å². The number of rotatable bonds is 5. The Morgan fingerprint density at radius 3 is 2.43 bits per heavy atom. The van der Waals surface area contributed by atoms with Crippen LogP contribution < -0.4 is 0 Å². The summed E-state index contributed by atoms with van der Waals surface area (Å²) in [6, 6.07) is 11.7. The second-order valence-corrected chi connectivity index (χ2v) is 6.32. The zero-order valence-corrected chi connectivity index (χ0v) is 12.9. The lowest BCUT2D eigenvalue weighted by Gasteiger charge is -2.08. The van der Waals surface area contributed by atoms with Gasteiger partial charge in [-0.25, -0.2) is 0 Å². The molecule has 0 fully saturated rings. The van der Waals surface area contributed by atoms with Crippen LogP contribution in [0.2, 0.25) is 0 Å². The van der Waals surface area contributed by atoms with Crippen LogP contribution in [-0.2, 0) is 20.9 Å². The average Bonchev–Trinajstić information content (AvgIpc) is 2.52. The minimum atomic E-state index is -4.07. The van der Waals surface area contributed by atoms with E-state index in [1.54, 1.807) is 18.2 Å². The molecule has 2 aromatic rings. The molecule has 7 nitrogen and oxygen atoms in total. The van der Waals surface area contributed by atoms with Gasteiger partial charge in [0.2, 0.25) is 0 Å². The van der Waals surface area contributed by atoms with Crippen molar-refractivity contribution in [2.24, 2.45) is 0 Å². The number of nitrogens with zero attached hydrogens (tertiary/aromatic N) is 2. The Kier molecular flexibility index (Phi) is 4.74. The van der Waals surface area contributed by atoms with E-state index in [9.17, 15) is 18.5 Å². The van der Waals surface area contributed by atoms with Crippen molar-refractivity contribution in [3.05, 3.63) is 69.3 Å². The largest absolute Gasteiger partial charge is 0.297 e. The predicted molar refractivity (Wildman–Crippen MR) is 81.0 cm³/mol. The first kappa shape index (κ1) is 16.6. The van der Waals surface area contributed by atoms with Crippen molar-refractivity contribution in [2.45, 2.75) is 18.4 Å². The fourth-order valence-electron chi connectivity index (χ4n) is 1.91. The molecule has 2 aromatic carbocycles. The topological polar surface area (TPSA) is 110 Å². The molecule has 0 radical (unpaired) electrons. The van der Waals surface area contributed by atoms with Crippen LogP contribution in [0.1, 0.15) is 16.7 Å². The summed E-state index contributed by atoms with van der Waals surface area (Å²) in [5.41, 5.74) is 0.451. The van der Waals surface area contributed by atoms with E-state index >= 15 is 0 Å². The van der Waals surface area contributed by atoms with Crippen molar-refractivity contribution in [1.29, 1.82) is 5.26 Å². The highest BCUT2D eigenvalue weighted by Gasteiger charge is 2.22. The Bertz CT molecular complexity index is 883. The summed E-state index contributed by atoms with van der Waals surface area (Å²) in [5.74, 6) is 0. The van der Waals surface area contributed by atoms with E-state index in [1.165, 1.54) is 30.3 Å². The Labute approximate surface area is 133 Å². The van der Waals surface area contributed by atoms with Crippen LogP contribution in [0.15, 0.2) is 47.4 Å². The minimum Gasteiger partial charge on any atom is -0.261 e. The fraction of sp³-hybridized carbons (Fsp3) is 0.133. The average molecular weight is 332 g/mol. The molecule has 0 saturated carbocycles. The second-order valence-electron chi connectivity index (χ2n) is 4.70. The zero-order chi connectivity index (χ0) is 17.0. The number of hydrogen-bond acceptors (Lipinski definition) is 6. The van der Waals surface area contributed by atoms with Crippen LogP contribution in [-0.4, -0.2) is 13.3 Å². The minimum absolute atomic E-state index is 0.00157. The number of nitro benzene ring substituents is 1. The number of nitro groups is 1. The Hall–Kier alpha value is -2.76. The number of nitriles is 1. The lowest BCUT2D eigenvalue weighted by molar-refractivity contribution is -0.385. The number of aryl methyl sites for hydroxylation is 1. The van der Waals surface area contributed by atoms with E-state index in [-0.39, 0.29) is 21.7 Å². The Morgan fingerprint density at radius 2 is 1.87 bits per heavy atom. The normalized spacial score (nSPS) is 11.0. The summed E-state index contributed by atoms with van der Waals surface area (Å²) in [4.78, 5) is 10.3. The molecule has 118 valence electrons. The van der Waals surface area contributed by atoms with Crippen molar-refractivity contribution < 1.29 is 17.5 Å². The molecule has 0 aliphatic rings. The van der Waals surface area contributed by atoms with Crippen LogP contribution in [0, 0.1) is 28.4 Å². The summed E-state index contributed by atoms with van der Waals surface area (Å²) < 4.78 is 29.1. The van der Waals surface area contributed by atoms with Gasteiger partial charge in [0, 0.05) is 6.07 Å². The highest BCUT2D eigenvalue weighted by Crippen LogP contribution is 2.24. The van der Waals surface area contributed by atoms with Crippen LogP contribution in [0.5, 0.6) is 0 Å². The van der Waals surface area contributed by atoms with Gasteiger partial charge in [-0.2, -0.15) is 13.7 Å². The smallest absolute Gasteiger partial charge is 0.261 e. The quantitative estimate of drug-likeness (QED) is 0.473. The van der Waals surface area contributed by atoms with Crippen LogP contribution >= 0.6 is 0 Å². The van der Waals surface area contributed by atoms with Crippen LogP contribution in [0.4, 0.5) is 5.69 Å². The van der Waals surface area contributed by atoms with Gasteiger partial charge in [0.25, 0.3) is 15.8 Å². The standard InChI is InChI=1S/C15H12N2O5S/c1-11-5-7-13(8-6-11)23(20,21)22-10-14-12(9-16)3-2-4-15(14)17(18)19/h2-8H,10H2,1H3. The lowest BCUT2D eigenvalue weighted by atomic mass is 10.1. The Balaban J connectivity index is 2.32. The molecule has 0 heterocycles. The van der Waals surface area contributed by atoms with Gasteiger partial charge < -0.3 is 0 Å². The molecule has 0 amide bonds. The molecular weight excluding hydrogens is 320 g/mol. The molecule has 0 unspecified atom stereocenters. The highest BCUT2D eigenvalue weighted by molar-refractivity contribution is 7.86. The molecule has 0 N–H and O–H groups in total. The maximum atomic E-state index is 12.1. The number of benzene rings is 2. The Morgan fingerprint density at radius 1 is 1.22 bits per heavy atom. The first-order valence-electron chi connectivity index (χ1n) is 6.47. The van der Waals surface area contributed by atoms with Crippen molar-refractivity contribution in [3.63, 3.8) is 0 Å². The predicted octanol–water partition coefficient (Wildman–Crippen LogP) is 2.68. The van der Waals surface area contributed by atoms with Gasteiger partial charge in [-0.15, -0.1) is 0 Å². The molecule has 0 atom stereocenters. The lowest BCUT2D eigenvalue weighted by Crippen LogP contribution is -2.09. The molecule has 2 rings (SSSR count). The highest BCUT2D eigenvalue weighted by atomic mass is 32.2. The van der Waals surface area contributed by atoms with Crippen molar-refractivity contribution in [1.82, 2.24) is 0 Å². The molecule has 0 aliphatic carbocycles. The van der Waals surface area contributed by atoms with Gasteiger partial charge in [-0.05, 0) is 25.1 Å². The van der Waals surface area contributed by atoms with Gasteiger partial charge in [0.1, 0.15) is 0 Å². The van der Waals surface area contributed by atoms with Crippen molar-refractivity contribution in [2.75, 3.05) is 0 Å². The van der Waals surface area contributed by atoms with Crippen molar-refractivity contribution >= 4 is 15.8 Å². The summed E-state index contributed by atoms with van der Waals surface area (Å²) >= 11 is 0. The zero-order valence-electron chi connectivity index (χ0n) is 12.1. The van der Waals surface area contributed by atoms with Gasteiger partial charge in [-0.3, -0.25) is 14.3 Å². The molecule has 8 heteroatoms. The van der Waals surface area contributed by atoms with E-state index in [4.69, 9.17) is 9.44 Å².